The second-order valence-electron chi connectivity index (χ2n) is 8.17. The van der Waals surface area contributed by atoms with Gasteiger partial charge in [0, 0.05) is 0 Å². The monoisotopic (exact) mass is 332 g/mol. The van der Waals surface area contributed by atoms with Gasteiger partial charge >= 0.3 is 5.97 Å². The summed E-state index contributed by atoms with van der Waals surface area (Å²) in [5.74, 6) is 0.994. The Kier molecular flexibility index (Phi) is 5.62. The number of aromatic hydroxyl groups is 1. The van der Waals surface area contributed by atoms with Crippen LogP contribution in [0.4, 0.5) is 0 Å². The number of hydrogen-bond donors (Lipinski definition) is 1. The van der Waals surface area contributed by atoms with Crippen molar-refractivity contribution in [3.8, 4) is 5.75 Å². The lowest BCUT2D eigenvalue weighted by atomic mass is 9.67. The fourth-order valence-corrected chi connectivity index (χ4v) is 3.85. The molecule has 24 heavy (non-hydrogen) atoms. The average molecular weight is 332 g/mol. The highest BCUT2D eigenvalue weighted by molar-refractivity contribution is 5.72. The van der Waals surface area contributed by atoms with Gasteiger partial charge in [-0.25, -0.2) is 0 Å². The molecule has 1 fully saturated rings. The first kappa shape index (κ1) is 18.8. The van der Waals surface area contributed by atoms with Crippen LogP contribution in [-0.2, 0) is 14.9 Å². The third-order valence-electron chi connectivity index (χ3n) is 5.73. The minimum Gasteiger partial charge on any atom is -0.507 e. The maximum atomic E-state index is 11.8. The zero-order valence-electron chi connectivity index (χ0n) is 16.0. The fraction of sp³-hybridized carbons (Fsp3) is 0.667. The van der Waals surface area contributed by atoms with Gasteiger partial charge in [-0.2, -0.15) is 0 Å². The largest absolute Gasteiger partial charge is 0.507 e. The maximum Gasteiger partial charge on any atom is 0.308 e. The van der Waals surface area contributed by atoms with E-state index in [2.05, 4.69) is 46.8 Å². The van der Waals surface area contributed by atoms with Gasteiger partial charge in [0.05, 0.1) is 13.0 Å². The lowest BCUT2D eigenvalue weighted by molar-refractivity contribution is -0.146. The molecule has 0 amide bonds. The van der Waals surface area contributed by atoms with Crippen LogP contribution in [0, 0.1) is 5.92 Å². The molecule has 0 atom stereocenters. The number of benzene rings is 1. The molecular formula is C21H32O3. The number of ether oxygens (including phenoxy) is 1. The Hall–Kier alpha value is -1.51. The van der Waals surface area contributed by atoms with Crippen molar-refractivity contribution in [3.05, 3.63) is 28.8 Å². The molecule has 1 aliphatic rings. The van der Waals surface area contributed by atoms with Crippen molar-refractivity contribution in [1.29, 1.82) is 0 Å². The summed E-state index contributed by atoms with van der Waals surface area (Å²) in [6, 6.07) is 4.37. The summed E-state index contributed by atoms with van der Waals surface area (Å²) in [5, 5.41) is 10.6. The van der Waals surface area contributed by atoms with E-state index in [1.165, 1.54) is 12.7 Å². The molecule has 1 aromatic rings. The van der Waals surface area contributed by atoms with Crippen molar-refractivity contribution in [3.63, 3.8) is 0 Å². The molecule has 0 spiro atoms. The molecule has 2 rings (SSSR count). The number of rotatable bonds is 4. The minimum atomic E-state index is -0.0755. The SMILES string of the molecule is COC(=O)[C@H]1CC[C@](C)(c2cc(C(C)C)c(O)c(C(C)C)c2)CC1. The van der Waals surface area contributed by atoms with E-state index < -0.39 is 0 Å². The molecule has 3 nitrogen and oxygen atoms in total. The quantitative estimate of drug-likeness (QED) is 0.765. The van der Waals surface area contributed by atoms with Crippen molar-refractivity contribution in [1.82, 2.24) is 0 Å². The zero-order chi connectivity index (χ0) is 18.1. The molecule has 0 aliphatic heterocycles. The summed E-state index contributed by atoms with van der Waals surface area (Å²) in [4.78, 5) is 11.8. The smallest absolute Gasteiger partial charge is 0.308 e. The van der Waals surface area contributed by atoms with E-state index in [1.54, 1.807) is 0 Å². The highest BCUT2D eigenvalue weighted by Gasteiger charge is 2.36. The maximum absolute atomic E-state index is 11.8. The van der Waals surface area contributed by atoms with Crippen LogP contribution in [0.3, 0.4) is 0 Å². The fourth-order valence-electron chi connectivity index (χ4n) is 3.85. The highest BCUT2D eigenvalue weighted by Crippen LogP contribution is 2.45. The number of phenolic OH excluding ortho intramolecular Hbond substituents is 1. The summed E-state index contributed by atoms with van der Waals surface area (Å²) in [5.41, 5.74) is 3.43. The van der Waals surface area contributed by atoms with E-state index in [4.69, 9.17) is 4.74 Å². The van der Waals surface area contributed by atoms with Gasteiger partial charge in [-0.3, -0.25) is 4.79 Å². The third kappa shape index (κ3) is 3.60. The molecule has 0 aromatic heterocycles. The number of phenols is 1. The second kappa shape index (κ2) is 7.16. The molecule has 1 N–H and O–H groups in total. The van der Waals surface area contributed by atoms with Crippen LogP contribution in [-0.4, -0.2) is 18.2 Å². The molecule has 1 aliphatic carbocycles. The van der Waals surface area contributed by atoms with Crippen LogP contribution >= 0.6 is 0 Å². The van der Waals surface area contributed by atoms with Gasteiger partial charge in [0.2, 0.25) is 0 Å². The van der Waals surface area contributed by atoms with Gasteiger partial charge in [0.1, 0.15) is 5.75 Å². The normalized spacial score (nSPS) is 24.4. The molecule has 0 unspecified atom stereocenters. The summed E-state index contributed by atoms with van der Waals surface area (Å²) in [7, 11) is 1.47. The minimum absolute atomic E-state index is 0.0364. The molecule has 0 saturated heterocycles. The number of esters is 1. The van der Waals surface area contributed by atoms with E-state index in [0.717, 1.165) is 36.8 Å². The third-order valence-corrected chi connectivity index (χ3v) is 5.73. The molecule has 134 valence electrons. The number of methoxy groups -OCH3 is 1. The van der Waals surface area contributed by atoms with Gasteiger partial charge in [-0.15, -0.1) is 0 Å². The Morgan fingerprint density at radius 3 is 1.96 bits per heavy atom. The van der Waals surface area contributed by atoms with Crippen molar-refractivity contribution >= 4 is 5.97 Å². The van der Waals surface area contributed by atoms with E-state index in [9.17, 15) is 9.90 Å². The Labute approximate surface area is 146 Å². The van der Waals surface area contributed by atoms with Crippen LogP contribution in [0.1, 0.15) is 88.8 Å². The van der Waals surface area contributed by atoms with Gasteiger partial charge in [-0.05, 0) is 59.6 Å². The molecule has 1 aromatic carbocycles. The van der Waals surface area contributed by atoms with Crippen molar-refractivity contribution in [2.24, 2.45) is 5.92 Å². The van der Waals surface area contributed by atoms with E-state index >= 15 is 0 Å². The summed E-state index contributed by atoms with van der Waals surface area (Å²) < 4.78 is 4.91. The summed E-state index contributed by atoms with van der Waals surface area (Å²) in [6.45, 7) is 10.8. The molecular weight excluding hydrogens is 300 g/mol. The van der Waals surface area contributed by atoms with Gasteiger partial charge in [-0.1, -0.05) is 46.8 Å². The number of carbonyl (C=O) groups excluding carboxylic acids is 1. The van der Waals surface area contributed by atoms with Crippen molar-refractivity contribution in [2.45, 2.75) is 77.6 Å². The lowest BCUT2D eigenvalue weighted by Crippen LogP contribution is -2.32. The lowest BCUT2D eigenvalue weighted by Gasteiger charge is -2.38. The van der Waals surface area contributed by atoms with Crippen LogP contribution in [0.5, 0.6) is 5.75 Å². The Morgan fingerprint density at radius 1 is 1.12 bits per heavy atom. The van der Waals surface area contributed by atoms with Crippen LogP contribution in [0.15, 0.2) is 12.1 Å². The molecule has 0 heterocycles. The van der Waals surface area contributed by atoms with E-state index in [0.29, 0.717) is 5.75 Å². The molecule has 0 bridgehead atoms. The summed E-state index contributed by atoms with van der Waals surface area (Å²) in [6.07, 6.45) is 3.70. The predicted octanol–water partition coefficient (Wildman–Crippen LogP) is 5.26. The number of carbonyl (C=O) groups is 1. The Balaban J connectivity index is 2.36. The molecule has 1 saturated carbocycles. The van der Waals surface area contributed by atoms with Crippen molar-refractivity contribution in [2.75, 3.05) is 7.11 Å². The Morgan fingerprint density at radius 2 is 1.58 bits per heavy atom. The summed E-state index contributed by atoms with van der Waals surface area (Å²) >= 11 is 0. The average Bonchev–Trinajstić information content (AvgIpc) is 2.54. The van der Waals surface area contributed by atoms with E-state index in [-0.39, 0.29) is 29.1 Å². The van der Waals surface area contributed by atoms with Crippen LogP contribution < -0.4 is 0 Å². The molecule has 0 radical (unpaired) electrons. The predicted molar refractivity (Wildman–Crippen MR) is 97.6 cm³/mol. The van der Waals surface area contributed by atoms with Gasteiger partial charge in [0.15, 0.2) is 0 Å². The second-order valence-corrected chi connectivity index (χ2v) is 8.17. The number of hydrogen-bond acceptors (Lipinski definition) is 3. The van der Waals surface area contributed by atoms with Crippen LogP contribution in [0.25, 0.3) is 0 Å². The van der Waals surface area contributed by atoms with Gasteiger partial charge < -0.3 is 9.84 Å². The first-order valence-corrected chi connectivity index (χ1v) is 9.14. The topological polar surface area (TPSA) is 46.5 Å². The van der Waals surface area contributed by atoms with Crippen LogP contribution in [0.2, 0.25) is 0 Å². The van der Waals surface area contributed by atoms with E-state index in [1.807, 2.05) is 0 Å². The first-order chi connectivity index (χ1) is 11.2. The Bertz CT molecular complexity index is 564. The van der Waals surface area contributed by atoms with Gasteiger partial charge in [0.25, 0.3) is 0 Å². The highest BCUT2D eigenvalue weighted by atomic mass is 16.5. The standard InChI is InChI=1S/C21H32O3/c1-13(2)17-11-16(12-18(14(3)4)19(17)22)21(5)9-7-15(8-10-21)20(23)24-6/h11-15,22H,7-10H2,1-6H3/t15-,21-. The zero-order valence-corrected chi connectivity index (χ0v) is 16.0. The first-order valence-electron chi connectivity index (χ1n) is 9.14. The van der Waals surface area contributed by atoms with Crippen molar-refractivity contribution < 1.29 is 14.6 Å². The molecule has 3 heteroatoms.